The molecule has 1 atom stereocenters. The first-order chi connectivity index (χ1) is 26.5. The maximum Gasteiger partial charge on any atom is 0.262 e. The van der Waals surface area contributed by atoms with Gasteiger partial charge in [0.25, 0.3) is 11.8 Å². The van der Waals surface area contributed by atoms with Crippen LogP contribution in [-0.2, 0) is 32.9 Å². The molecule has 4 saturated heterocycles. The Bertz CT molecular complexity index is 2170. The number of carbonyl (C=O) groups is 4. The summed E-state index contributed by atoms with van der Waals surface area (Å²) < 4.78 is 17.8. The Morgan fingerprint density at radius 3 is 2.24 bits per heavy atom. The molecular formula is C42H42N6O7. The number of piperidine rings is 1. The number of nitrogens with one attached hydrogen (secondary N) is 1. The maximum absolute atomic E-state index is 13.2. The van der Waals surface area contributed by atoms with Crippen LogP contribution in [0, 0.1) is 5.41 Å². The van der Waals surface area contributed by atoms with E-state index in [4.69, 9.17) is 19.2 Å². The van der Waals surface area contributed by atoms with E-state index in [1.165, 1.54) is 11.1 Å². The third-order valence-corrected chi connectivity index (χ3v) is 11.5. The molecule has 4 aromatic rings. The molecule has 0 radical (unpaired) electrons. The lowest BCUT2D eigenvalue weighted by Gasteiger charge is -2.54. The third-order valence-electron chi connectivity index (χ3n) is 11.5. The Labute approximate surface area is 318 Å². The number of imide groups is 2. The van der Waals surface area contributed by atoms with Crippen LogP contribution in [0.1, 0.15) is 69.8 Å². The molecule has 13 nitrogen and oxygen atoms in total. The van der Waals surface area contributed by atoms with Crippen molar-refractivity contribution in [2.45, 2.75) is 57.4 Å². The third kappa shape index (κ3) is 6.61. The first-order valence-corrected chi connectivity index (χ1v) is 18.8. The number of ether oxygens (including phenoxy) is 3. The first kappa shape index (κ1) is 35.1. The predicted octanol–water partition coefficient (Wildman–Crippen LogP) is 3.88. The van der Waals surface area contributed by atoms with Crippen LogP contribution >= 0.6 is 0 Å². The molecule has 282 valence electrons. The standard InChI is InChI=1S/C42H42N6O7/c1-41(2,27-4-8-30(9-5-27)54-21-29-15-16-43-40(44-29)47-22-42(23-47)24-53-25-42)28-6-10-31(11-7-28)55-32-19-46(20-32)18-26-3-12-33-34(17-26)39(52)48(38(33)51)35-13-14-36(49)45-37(35)50/h3-12,15-17,32,35H,13-14,18-25H2,1-2H3,(H,45,49,50). The quantitative estimate of drug-likeness (QED) is 0.224. The fourth-order valence-corrected chi connectivity index (χ4v) is 8.13. The van der Waals surface area contributed by atoms with E-state index < -0.39 is 29.7 Å². The van der Waals surface area contributed by atoms with E-state index in [2.05, 4.69) is 58.2 Å². The number of amides is 4. The molecule has 55 heavy (non-hydrogen) atoms. The summed E-state index contributed by atoms with van der Waals surface area (Å²) >= 11 is 0. The summed E-state index contributed by atoms with van der Waals surface area (Å²) in [5.41, 5.74) is 4.71. The van der Waals surface area contributed by atoms with Gasteiger partial charge < -0.3 is 19.1 Å². The number of aromatic nitrogens is 2. The van der Waals surface area contributed by atoms with Crippen molar-refractivity contribution in [1.82, 2.24) is 25.1 Å². The molecule has 3 aromatic carbocycles. The first-order valence-electron chi connectivity index (χ1n) is 18.8. The second-order valence-electron chi connectivity index (χ2n) is 15.9. The number of rotatable bonds is 11. The van der Waals surface area contributed by atoms with E-state index in [0.29, 0.717) is 24.1 Å². The molecule has 4 amide bonds. The Morgan fingerprint density at radius 2 is 1.56 bits per heavy atom. The van der Waals surface area contributed by atoms with Gasteiger partial charge in [-0.2, -0.15) is 0 Å². The van der Waals surface area contributed by atoms with Gasteiger partial charge in [-0.1, -0.05) is 44.2 Å². The molecule has 0 aliphatic carbocycles. The molecule has 0 saturated carbocycles. The van der Waals surface area contributed by atoms with Gasteiger partial charge in [0.1, 0.15) is 30.3 Å². The lowest BCUT2D eigenvalue weighted by Crippen LogP contribution is -2.66. The highest BCUT2D eigenvalue weighted by Crippen LogP contribution is 2.39. The van der Waals surface area contributed by atoms with E-state index in [-0.39, 0.29) is 29.9 Å². The smallest absolute Gasteiger partial charge is 0.262 e. The van der Waals surface area contributed by atoms with Gasteiger partial charge in [0.2, 0.25) is 17.8 Å². The predicted molar refractivity (Wildman–Crippen MR) is 200 cm³/mol. The summed E-state index contributed by atoms with van der Waals surface area (Å²) in [4.78, 5) is 64.8. The van der Waals surface area contributed by atoms with Crippen molar-refractivity contribution in [3.8, 4) is 11.5 Å². The molecular weight excluding hydrogens is 700 g/mol. The normalized spacial score (nSPS) is 20.8. The van der Waals surface area contributed by atoms with Crippen molar-refractivity contribution in [3.05, 3.63) is 113 Å². The average molecular weight is 743 g/mol. The number of fused-ring (bicyclic) bond motifs is 1. The van der Waals surface area contributed by atoms with Crippen LogP contribution in [0.3, 0.4) is 0 Å². The Kier molecular flexibility index (Phi) is 8.65. The van der Waals surface area contributed by atoms with E-state index in [1.807, 2.05) is 36.4 Å². The van der Waals surface area contributed by atoms with Crippen molar-refractivity contribution in [2.75, 3.05) is 44.3 Å². The number of anilines is 1. The van der Waals surface area contributed by atoms with E-state index in [0.717, 1.165) is 73.0 Å². The van der Waals surface area contributed by atoms with Crippen LogP contribution in [0.25, 0.3) is 0 Å². The largest absolute Gasteiger partial charge is 0.488 e. The van der Waals surface area contributed by atoms with E-state index in [1.54, 1.807) is 18.3 Å². The molecule has 6 heterocycles. The molecule has 9 rings (SSSR count). The van der Waals surface area contributed by atoms with Gasteiger partial charge in [0.15, 0.2) is 0 Å². The fraction of sp³-hybridized carbons (Fsp3) is 0.381. The Balaban J connectivity index is 0.749. The van der Waals surface area contributed by atoms with Gasteiger partial charge in [0, 0.05) is 50.8 Å². The molecule has 0 bridgehead atoms. The minimum Gasteiger partial charge on any atom is -0.488 e. The van der Waals surface area contributed by atoms with Gasteiger partial charge >= 0.3 is 0 Å². The van der Waals surface area contributed by atoms with Gasteiger partial charge in [0.05, 0.1) is 35.4 Å². The molecule has 13 heteroatoms. The van der Waals surface area contributed by atoms with Crippen LogP contribution < -0.4 is 19.7 Å². The van der Waals surface area contributed by atoms with Crippen molar-refractivity contribution in [3.63, 3.8) is 0 Å². The molecule has 4 fully saturated rings. The molecule has 1 spiro atoms. The van der Waals surface area contributed by atoms with Crippen molar-refractivity contribution < 1.29 is 33.4 Å². The Morgan fingerprint density at radius 1 is 0.873 bits per heavy atom. The number of hydrogen-bond donors (Lipinski definition) is 1. The average Bonchev–Trinajstić information content (AvgIpc) is 3.37. The molecule has 1 N–H and O–H groups in total. The lowest BCUT2D eigenvalue weighted by molar-refractivity contribution is -0.136. The molecule has 5 aliphatic rings. The van der Waals surface area contributed by atoms with Crippen molar-refractivity contribution in [1.29, 1.82) is 0 Å². The zero-order valence-electron chi connectivity index (χ0n) is 30.8. The summed E-state index contributed by atoms with van der Waals surface area (Å²) in [5, 5.41) is 2.23. The van der Waals surface area contributed by atoms with Crippen LogP contribution in [0.2, 0.25) is 0 Å². The molecule has 1 unspecified atom stereocenters. The molecule has 5 aliphatic heterocycles. The highest BCUT2D eigenvalue weighted by atomic mass is 16.5. The number of benzene rings is 3. The fourth-order valence-electron chi connectivity index (χ4n) is 8.13. The topological polar surface area (TPSA) is 144 Å². The summed E-state index contributed by atoms with van der Waals surface area (Å²) in [7, 11) is 0. The monoisotopic (exact) mass is 742 g/mol. The van der Waals surface area contributed by atoms with Crippen molar-refractivity contribution >= 4 is 29.6 Å². The Hall–Kier alpha value is -5.66. The van der Waals surface area contributed by atoms with Gasteiger partial charge in [-0.15, -0.1) is 0 Å². The zero-order chi connectivity index (χ0) is 37.9. The van der Waals surface area contributed by atoms with Crippen LogP contribution in [0.5, 0.6) is 11.5 Å². The number of carbonyl (C=O) groups excluding carboxylic acids is 4. The minimum atomic E-state index is -0.975. The highest BCUT2D eigenvalue weighted by Gasteiger charge is 2.50. The summed E-state index contributed by atoms with van der Waals surface area (Å²) in [6.07, 6.45) is 2.05. The molecule has 1 aromatic heterocycles. The summed E-state index contributed by atoms with van der Waals surface area (Å²) in [6, 6.07) is 22.6. The van der Waals surface area contributed by atoms with Crippen molar-refractivity contribution in [2.24, 2.45) is 5.41 Å². The van der Waals surface area contributed by atoms with Crippen LogP contribution in [-0.4, -0.2) is 94.9 Å². The maximum atomic E-state index is 13.2. The lowest BCUT2D eigenvalue weighted by atomic mass is 9.78. The minimum absolute atomic E-state index is 0.0336. The summed E-state index contributed by atoms with van der Waals surface area (Å²) in [6.45, 7) is 10.4. The van der Waals surface area contributed by atoms with Gasteiger partial charge in [-0.25, -0.2) is 9.97 Å². The zero-order valence-corrected chi connectivity index (χ0v) is 30.8. The number of likely N-dealkylation sites (tertiary alicyclic amines) is 1. The number of hydrogen-bond acceptors (Lipinski definition) is 11. The van der Waals surface area contributed by atoms with Crippen LogP contribution in [0.15, 0.2) is 79.0 Å². The second-order valence-corrected chi connectivity index (χ2v) is 15.9. The highest BCUT2D eigenvalue weighted by molar-refractivity contribution is 6.23. The van der Waals surface area contributed by atoms with Crippen LogP contribution in [0.4, 0.5) is 5.95 Å². The van der Waals surface area contributed by atoms with Gasteiger partial charge in [-0.3, -0.25) is 34.3 Å². The van der Waals surface area contributed by atoms with Gasteiger partial charge in [-0.05, 0) is 65.6 Å². The SMILES string of the molecule is CC(C)(c1ccc(OCc2ccnc(N3CC4(COC4)C3)n2)cc1)c1ccc(OC2CN(Cc3ccc4c(c3)C(=O)N(C3CCC(=O)NC3=O)C4=O)C2)cc1. The van der Waals surface area contributed by atoms with E-state index in [9.17, 15) is 19.2 Å². The second kappa shape index (κ2) is 13.6. The van der Waals surface area contributed by atoms with E-state index >= 15 is 0 Å². The number of nitrogens with zero attached hydrogens (tertiary/aromatic N) is 5. The summed E-state index contributed by atoms with van der Waals surface area (Å²) in [5.74, 6) is 0.329.